The summed E-state index contributed by atoms with van der Waals surface area (Å²) in [6, 6.07) is 3.73. The number of phenolic OH excluding ortho intramolecular Hbond substituents is 1. The molecule has 0 saturated carbocycles. The second-order valence-corrected chi connectivity index (χ2v) is 4.76. The highest BCUT2D eigenvalue weighted by Crippen LogP contribution is 2.25. The Hall–Kier alpha value is -1.13. The number of hydroxylamine groups is 1. The average molecular weight is 227 g/mol. The van der Waals surface area contributed by atoms with Crippen LogP contribution in [0.15, 0.2) is 18.2 Å². The van der Waals surface area contributed by atoms with Crippen molar-refractivity contribution in [1.29, 1.82) is 0 Å². The van der Waals surface area contributed by atoms with E-state index >= 15 is 0 Å². The summed E-state index contributed by atoms with van der Waals surface area (Å²) in [7, 11) is 0. The highest BCUT2D eigenvalue weighted by Gasteiger charge is 2.15. The van der Waals surface area contributed by atoms with E-state index in [1.807, 2.05) is 27.7 Å². The Morgan fingerprint density at radius 2 is 2.00 bits per heavy atom. The molecule has 0 heterocycles. The smallest absolute Gasteiger partial charge is 0.126 e. The fourth-order valence-electron chi connectivity index (χ4n) is 1.21. The summed E-state index contributed by atoms with van der Waals surface area (Å²) in [5, 5.41) is 9.56. The molecule has 0 aliphatic rings. The zero-order valence-corrected chi connectivity index (χ0v) is 10.0. The van der Waals surface area contributed by atoms with E-state index in [0.717, 1.165) is 6.07 Å². The molecule has 1 aromatic carbocycles. The van der Waals surface area contributed by atoms with Crippen LogP contribution in [0.5, 0.6) is 5.75 Å². The van der Waals surface area contributed by atoms with Crippen molar-refractivity contribution in [2.24, 2.45) is 0 Å². The zero-order chi connectivity index (χ0) is 12.3. The lowest BCUT2D eigenvalue weighted by molar-refractivity contribution is -0.0868. The molecule has 90 valence electrons. The van der Waals surface area contributed by atoms with Crippen LogP contribution in [-0.4, -0.2) is 10.7 Å². The van der Waals surface area contributed by atoms with E-state index in [2.05, 4.69) is 5.48 Å². The maximum atomic E-state index is 12.8. The summed E-state index contributed by atoms with van der Waals surface area (Å²) in [6.07, 6.45) is 0. The number of hydrogen-bond donors (Lipinski definition) is 2. The fraction of sp³-hybridized carbons (Fsp3) is 0.500. The lowest BCUT2D eigenvalue weighted by Crippen LogP contribution is -2.31. The number of hydrogen-bond acceptors (Lipinski definition) is 3. The number of rotatable bonds is 3. The van der Waals surface area contributed by atoms with Gasteiger partial charge in [-0.2, -0.15) is 5.48 Å². The Labute approximate surface area is 95.2 Å². The summed E-state index contributed by atoms with van der Waals surface area (Å²) < 4.78 is 12.8. The van der Waals surface area contributed by atoms with E-state index in [1.54, 1.807) is 0 Å². The van der Waals surface area contributed by atoms with Crippen LogP contribution in [-0.2, 0) is 4.84 Å². The molecule has 0 radical (unpaired) electrons. The van der Waals surface area contributed by atoms with Crippen LogP contribution in [0.4, 0.5) is 4.39 Å². The van der Waals surface area contributed by atoms with Gasteiger partial charge in [0.15, 0.2) is 0 Å². The molecular formula is C12H18FNO2. The van der Waals surface area contributed by atoms with Crippen LogP contribution < -0.4 is 5.48 Å². The van der Waals surface area contributed by atoms with Crippen LogP contribution in [0.25, 0.3) is 0 Å². The second-order valence-electron chi connectivity index (χ2n) is 4.76. The molecule has 1 rings (SSSR count). The van der Waals surface area contributed by atoms with Gasteiger partial charge in [-0.1, -0.05) is 6.07 Å². The molecule has 0 aliphatic carbocycles. The van der Waals surface area contributed by atoms with Gasteiger partial charge in [-0.05, 0) is 33.8 Å². The third kappa shape index (κ3) is 3.79. The van der Waals surface area contributed by atoms with Crippen molar-refractivity contribution in [1.82, 2.24) is 5.48 Å². The molecule has 0 aliphatic heterocycles. The molecule has 1 unspecified atom stereocenters. The average Bonchev–Trinajstić information content (AvgIpc) is 2.13. The molecule has 0 saturated heterocycles. The van der Waals surface area contributed by atoms with Crippen molar-refractivity contribution < 1.29 is 14.3 Å². The van der Waals surface area contributed by atoms with E-state index in [-0.39, 0.29) is 17.4 Å². The minimum atomic E-state index is -0.454. The molecule has 4 heteroatoms. The predicted molar refractivity (Wildman–Crippen MR) is 60.5 cm³/mol. The van der Waals surface area contributed by atoms with Gasteiger partial charge in [-0.15, -0.1) is 0 Å². The van der Waals surface area contributed by atoms with Gasteiger partial charge in [0.25, 0.3) is 0 Å². The first-order valence-corrected chi connectivity index (χ1v) is 5.21. The number of benzene rings is 1. The normalized spacial score (nSPS) is 13.8. The van der Waals surface area contributed by atoms with Crippen LogP contribution >= 0.6 is 0 Å². The molecule has 1 aromatic rings. The highest BCUT2D eigenvalue weighted by atomic mass is 19.1. The van der Waals surface area contributed by atoms with Gasteiger partial charge in [-0.3, -0.25) is 4.84 Å². The van der Waals surface area contributed by atoms with Gasteiger partial charge in [-0.25, -0.2) is 4.39 Å². The Balaban J connectivity index is 2.70. The highest BCUT2D eigenvalue weighted by molar-refractivity contribution is 5.34. The maximum absolute atomic E-state index is 12.8. The fourth-order valence-corrected chi connectivity index (χ4v) is 1.21. The van der Waals surface area contributed by atoms with E-state index in [1.165, 1.54) is 12.1 Å². The largest absolute Gasteiger partial charge is 0.508 e. The van der Waals surface area contributed by atoms with Crippen LogP contribution in [0.2, 0.25) is 0 Å². The van der Waals surface area contributed by atoms with Gasteiger partial charge < -0.3 is 5.11 Å². The van der Waals surface area contributed by atoms with Gasteiger partial charge in [0.1, 0.15) is 11.6 Å². The molecule has 3 nitrogen and oxygen atoms in total. The predicted octanol–water partition coefficient (Wildman–Crippen LogP) is 2.91. The quantitative estimate of drug-likeness (QED) is 0.780. The van der Waals surface area contributed by atoms with Crippen molar-refractivity contribution in [2.75, 3.05) is 0 Å². The molecule has 0 amide bonds. The van der Waals surface area contributed by atoms with E-state index < -0.39 is 5.82 Å². The first-order chi connectivity index (χ1) is 7.29. The van der Waals surface area contributed by atoms with Crippen molar-refractivity contribution in [3.63, 3.8) is 0 Å². The summed E-state index contributed by atoms with van der Waals surface area (Å²) in [6.45, 7) is 7.57. The molecule has 1 atom stereocenters. The molecule has 16 heavy (non-hydrogen) atoms. The van der Waals surface area contributed by atoms with E-state index in [9.17, 15) is 9.50 Å². The number of aromatic hydroxyl groups is 1. The summed E-state index contributed by atoms with van der Waals surface area (Å²) >= 11 is 0. The van der Waals surface area contributed by atoms with Gasteiger partial charge in [0, 0.05) is 11.6 Å². The molecular weight excluding hydrogens is 209 g/mol. The van der Waals surface area contributed by atoms with Crippen LogP contribution in [0, 0.1) is 5.82 Å². The summed E-state index contributed by atoms with van der Waals surface area (Å²) in [4.78, 5) is 5.38. The molecule has 2 N–H and O–H groups in total. The first kappa shape index (κ1) is 12.9. The Morgan fingerprint density at radius 1 is 1.38 bits per heavy atom. The van der Waals surface area contributed by atoms with Crippen molar-refractivity contribution in [3.8, 4) is 5.75 Å². The van der Waals surface area contributed by atoms with Crippen LogP contribution in [0.3, 0.4) is 0 Å². The third-order valence-corrected chi connectivity index (χ3v) is 2.00. The molecule has 0 fully saturated rings. The van der Waals surface area contributed by atoms with E-state index in [0.29, 0.717) is 5.56 Å². The van der Waals surface area contributed by atoms with E-state index in [4.69, 9.17) is 4.84 Å². The monoisotopic (exact) mass is 227 g/mol. The summed E-state index contributed by atoms with van der Waals surface area (Å²) in [5.41, 5.74) is 3.10. The van der Waals surface area contributed by atoms with Crippen molar-refractivity contribution in [3.05, 3.63) is 29.6 Å². The minimum absolute atomic E-state index is 0.0718. The second kappa shape index (κ2) is 4.80. The lowest BCUT2D eigenvalue weighted by Gasteiger charge is -2.23. The summed E-state index contributed by atoms with van der Waals surface area (Å²) in [5.74, 6) is -0.525. The Morgan fingerprint density at radius 3 is 2.50 bits per heavy atom. The SMILES string of the molecule is CC(NOC(C)(C)C)c1ccc(F)cc1O. The molecule has 0 spiro atoms. The minimum Gasteiger partial charge on any atom is -0.508 e. The number of phenols is 1. The third-order valence-electron chi connectivity index (χ3n) is 2.00. The Kier molecular flexibility index (Phi) is 3.88. The number of halogens is 1. The van der Waals surface area contributed by atoms with Gasteiger partial charge >= 0.3 is 0 Å². The first-order valence-electron chi connectivity index (χ1n) is 5.21. The number of nitrogens with one attached hydrogen (secondary N) is 1. The van der Waals surface area contributed by atoms with Gasteiger partial charge in [0.05, 0.1) is 11.6 Å². The standard InChI is InChI=1S/C12H18FNO2/c1-8(14-16-12(2,3)4)10-6-5-9(13)7-11(10)15/h5-8,14-15H,1-4H3. The zero-order valence-electron chi connectivity index (χ0n) is 10.0. The van der Waals surface area contributed by atoms with Crippen molar-refractivity contribution in [2.45, 2.75) is 39.3 Å². The van der Waals surface area contributed by atoms with Crippen molar-refractivity contribution >= 4 is 0 Å². The topological polar surface area (TPSA) is 41.5 Å². The van der Waals surface area contributed by atoms with Gasteiger partial charge in [0.2, 0.25) is 0 Å². The molecule has 0 bridgehead atoms. The molecule has 0 aromatic heterocycles. The maximum Gasteiger partial charge on any atom is 0.126 e. The lowest BCUT2D eigenvalue weighted by atomic mass is 10.1. The Bertz CT molecular complexity index is 361. The van der Waals surface area contributed by atoms with Crippen LogP contribution in [0.1, 0.15) is 39.3 Å².